The van der Waals surface area contributed by atoms with Gasteiger partial charge in [0.2, 0.25) is 0 Å². The summed E-state index contributed by atoms with van der Waals surface area (Å²) >= 11 is 0. The molecule has 0 amide bonds. The van der Waals surface area contributed by atoms with Crippen LogP contribution < -0.4 is 0 Å². The Labute approximate surface area is 155 Å². The summed E-state index contributed by atoms with van der Waals surface area (Å²) in [7, 11) is 0. The van der Waals surface area contributed by atoms with Gasteiger partial charge in [0.25, 0.3) is 0 Å². The summed E-state index contributed by atoms with van der Waals surface area (Å²) in [6.45, 7) is 0. The van der Waals surface area contributed by atoms with E-state index in [4.69, 9.17) is 0 Å². The predicted octanol–water partition coefficient (Wildman–Crippen LogP) is -5.87. The van der Waals surface area contributed by atoms with Crippen molar-refractivity contribution in [2.45, 2.75) is 0 Å². The van der Waals surface area contributed by atoms with Crippen LogP contribution in [0.1, 0.15) is 0 Å². The Hall–Kier alpha value is 4.66. The summed E-state index contributed by atoms with van der Waals surface area (Å²) < 4.78 is 0. The number of rotatable bonds is 0. The molecule has 0 fully saturated rings. The Bertz CT molecular complexity index is 10.1. The van der Waals surface area contributed by atoms with E-state index in [0.29, 0.717) is 0 Å². The Morgan fingerprint density at radius 3 is 0.429 bits per heavy atom. The van der Waals surface area contributed by atoms with Gasteiger partial charge in [0.15, 0.2) is 0 Å². The molecule has 0 aliphatic rings. The molecule has 0 saturated heterocycles. The SMILES string of the molecule is O.O.O.[CaH2].[CaH2].[CaH2].[NaH]. The van der Waals surface area contributed by atoms with Crippen LogP contribution >= 0.6 is 0 Å². The molecule has 0 saturated carbocycles. The third-order valence-electron chi connectivity index (χ3n) is 0. The third-order valence-corrected chi connectivity index (χ3v) is 0. The van der Waals surface area contributed by atoms with Crippen LogP contribution in [-0.2, 0) is 0 Å². The second-order valence-electron chi connectivity index (χ2n) is 0. The molecule has 0 radical (unpaired) electrons. The van der Waals surface area contributed by atoms with Gasteiger partial charge in [0.05, 0.1) is 0 Å². The van der Waals surface area contributed by atoms with Crippen LogP contribution in [0.25, 0.3) is 0 Å². The van der Waals surface area contributed by atoms with E-state index in [2.05, 4.69) is 0 Å². The average Bonchev–Trinajstić information content (AvgIpc) is 0. The molecule has 38 valence electrons. The number of hydrogen-bond donors (Lipinski definition) is 0. The van der Waals surface area contributed by atoms with E-state index in [1.165, 1.54) is 0 Å². The van der Waals surface area contributed by atoms with Gasteiger partial charge >= 0.3 is 143 Å². The molecule has 0 heterocycles. The van der Waals surface area contributed by atoms with E-state index < -0.39 is 0 Å². The van der Waals surface area contributed by atoms with Crippen molar-refractivity contribution in [1.82, 2.24) is 0 Å². The molecular weight excluding hydrogens is 191 g/mol. The Kier molecular flexibility index (Phi) is 399. The van der Waals surface area contributed by atoms with Crippen LogP contribution in [0, 0.1) is 0 Å². The molecular formula is H13Ca3NaO3. The standard InChI is InChI=1S/3Ca.Na.3H2O.7H/h;;;;3*1H2;;;;;;;. The van der Waals surface area contributed by atoms with Gasteiger partial charge in [-0.05, 0) is 0 Å². The summed E-state index contributed by atoms with van der Waals surface area (Å²) in [5, 5.41) is 0. The van der Waals surface area contributed by atoms with Crippen molar-refractivity contribution in [3.05, 3.63) is 0 Å². The van der Waals surface area contributed by atoms with E-state index in [-0.39, 0.29) is 159 Å². The summed E-state index contributed by atoms with van der Waals surface area (Å²) in [4.78, 5) is 0. The molecule has 0 aliphatic carbocycles. The van der Waals surface area contributed by atoms with E-state index in [1.807, 2.05) is 0 Å². The van der Waals surface area contributed by atoms with Crippen LogP contribution in [0.4, 0.5) is 0 Å². The summed E-state index contributed by atoms with van der Waals surface area (Å²) in [5.41, 5.74) is 0. The molecule has 7 heteroatoms. The van der Waals surface area contributed by atoms with Gasteiger partial charge in [-0.15, -0.1) is 0 Å². The molecule has 7 heavy (non-hydrogen) atoms. The maximum atomic E-state index is 0. The molecule has 0 spiro atoms. The fraction of sp³-hybridized carbons (Fsp3) is 0. The van der Waals surface area contributed by atoms with E-state index >= 15 is 0 Å². The monoisotopic (exact) mass is 204 g/mol. The van der Waals surface area contributed by atoms with Crippen molar-refractivity contribution >= 4 is 143 Å². The van der Waals surface area contributed by atoms with Crippen molar-refractivity contribution in [1.29, 1.82) is 0 Å². The maximum absolute atomic E-state index is 0. The molecule has 0 aromatic rings. The van der Waals surface area contributed by atoms with Gasteiger partial charge in [-0.3, -0.25) is 0 Å². The van der Waals surface area contributed by atoms with Gasteiger partial charge in [-0.2, -0.15) is 0 Å². The van der Waals surface area contributed by atoms with Crippen molar-refractivity contribution in [2.75, 3.05) is 0 Å². The molecule has 0 aliphatic heterocycles. The van der Waals surface area contributed by atoms with Gasteiger partial charge < -0.3 is 16.4 Å². The van der Waals surface area contributed by atoms with Crippen LogP contribution in [0.3, 0.4) is 0 Å². The van der Waals surface area contributed by atoms with Crippen LogP contribution in [0.5, 0.6) is 0 Å². The topological polar surface area (TPSA) is 94.5 Å². The first-order valence-electron chi connectivity index (χ1n) is 0. The minimum absolute atomic E-state index is 0. The minimum atomic E-state index is 0. The van der Waals surface area contributed by atoms with Crippen molar-refractivity contribution < 1.29 is 16.4 Å². The summed E-state index contributed by atoms with van der Waals surface area (Å²) in [5.74, 6) is 0. The Balaban J connectivity index is 0. The van der Waals surface area contributed by atoms with Gasteiger partial charge in [0.1, 0.15) is 0 Å². The van der Waals surface area contributed by atoms with Crippen LogP contribution in [0.2, 0.25) is 0 Å². The average molecular weight is 204 g/mol. The molecule has 0 aromatic carbocycles. The van der Waals surface area contributed by atoms with E-state index in [1.54, 1.807) is 0 Å². The fourth-order valence-corrected chi connectivity index (χ4v) is 0. The van der Waals surface area contributed by atoms with Crippen molar-refractivity contribution in [2.24, 2.45) is 0 Å². The first-order chi connectivity index (χ1) is 0. The third kappa shape index (κ3) is 36.8. The molecule has 3 nitrogen and oxygen atoms in total. The second kappa shape index (κ2) is 45.8. The fourth-order valence-electron chi connectivity index (χ4n) is 0. The van der Waals surface area contributed by atoms with E-state index in [9.17, 15) is 0 Å². The van der Waals surface area contributed by atoms with Crippen LogP contribution in [-0.4, -0.2) is 159 Å². The van der Waals surface area contributed by atoms with Crippen LogP contribution in [0.15, 0.2) is 0 Å². The zero-order chi connectivity index (χ0) is 0. The van der Waals surface area contributed by atoms with Gasteiger partial charge in [-0.25, -0.2) is 0 Å². The second-order valence-corrected chi connectivity index (χ2v) is 0. The molecule has 6 N–H and O–H groups in total. The molecule has 0 atom stereocenters. The Morgan fingerprint density at radius 2 is 0.429 bits per heavy atom. The Morgan fingerprint density at radius 1 is 0.429 bits per heavy atom. The molecule has 0 aromatic heterocycles. The van der Waals surface area contributed by atoms with E-state index in [0.717, 1.165) is 0 Å². The first kappa shape index (κ1) is 61.0. The first-order valence-corrected chi connectivity index (χ1v) is 0. The quantitative estimate of drug-likeness (QED) is 0.351. The predicted molar refractivity (Wildman–Crippen MR) is 43.6 cm³/mol. The zero-order valence-corrected chi connectivity index (χ0v) is 1.50. The zero-order valence-electron chi connectivity index (χ0n) is 1.50. The summed E-state index contributed by atoms with van der Waals surface area (Å²) in [6, 6.07) is 0. The number of hydrogen-bond acceptors (Lipinski definition) is 0. The molecule has 0 rings (SSSR count). The molecule has 0 bridgehead atoms. The molecule has 0 unspecified atom stereocenters. The normalized spacial score (nSPS) is 0. The van der Waals surface area contributed by atoms with Crippen molar-refractivity contribution in [3.8, 4) is 0 Å². The van der Waals surface area contributed by atoms with Gasteiger partial charge in [0, 0.05) is 0 Å². The van der Waals surface area contributed by atoms with Gasteiger partial charge in [-0.1, -0.05) is 0 Å². The summed E-state index contributed by atoms with van der Waals surface area (Å²) in [6.07, 6.45) is 0. The van der Waals surface area contributed by atoms with Crippen molar-refractivity contribution in [3.63, 3.8) is 0 Å².